The minimum Gasteiger partial charge on any atom is -0.366 e. The number of nitrogens with zero attached hydrogens (tertiary/aromatic N) is 3. The number of hydrogen-bond acceptors (Lipinski definition) is 7. The molecule has 8 nitrogen and oxygen atoms in total. The fourth-order valence-corrected chi connectivity index (χ4v) is 3.99. The van der Waals surface area contributed by atoms with Crippen LogP contribution in [-0.2, 0) is 25.7 Å². The Bertz CT molecular complexity index is 1010. The van der Waals surface area contributed by atoms with Crippen molar-refractivity contribution in [2.24, 2.45) is 0 Å². The van der Waals surface area contributed by atoms with E-state index in [-0.39, 0.29) is 18.5 Å². The number of piperidine rings is 1. The van der Waals surface area contributed by atoms with Gasteiger partial charge in [-0.3, -0.25) is 29.4 Å². The van der Waals surface area contributed by atoms with Gasteiger partial charge >= 0.3 is 0 Å². The summed E-state index contributed by atoms with van der Waals surface area (Å²) in [4.78, 5) is 55.3. The molecule has 9 heteroatoms. The third kappa shape index (κ3) is 3.10. The van der Waals surface area contributed by atoms with Crippen molar-refractivity contribution >= 4 is 45.2 Å². The van der Waals surface area contributed by atoms with Crippen molar-refractivity contribution in [3.63, 3.8) is 0 Å². The van der Waals surface area contributed by atoms with Gasteiger partial charge in [0.05, 0.1) is 15.7 Å². The van der Waals surface area contributed by atoms with Gasteiger partial charge in [-0.05, 0) is 24.1 Å². The number of aromatic nitrogens is 1. The fourth-order valence-electron chi connectivity index (χ4n) is 3.33. The van der Waals surface area contributed by atoms with Gasteiger partial charge in [-0.15, -0.1) is 11.3 Å². The van der Waals surface area contributed by atoms with Gasteiger partial charge in [-0.1, -0.05) is 6.07 Å². The first kappa shape index (κ1) is 17.3. The van der Waals surface area contributed by atoms with E-state index in [1.54, 1.807) is 28.8 Å². The van der Waals surface area contributed by atoms with E-state index in [1.165, 1.54) is 6.08 Å². The normalized spacial score (nSPS) is 20.3. The highest BCUT2D eigenvalue weighted by molar-refractivity contribution is 7.16. The van der Waals surface area contributed by atoms with Crippen LogP contribution in [0.2, 0.25) is 0 Å². The minimum absolute atomic E-state index is 0.103. The molecule has 3 heterocycles. The van der Waals surface area contributed by atoms with Crippen molar-refractivity contribution in [2.45, 2.75) is 25.4 Å². The van der Waals surface area contributed by atoms with Crippen molar-refractivity contribution in [3.8, 4) is 0 Å². The summed E-state index contributed by atoms with van der Waals surface area (Å²) in [7, 11) is 1.72. The molecule has 0 aliphatic carbocycles. The van der Waals surface area contributed by atoms with Crippen LogP contribution in [0.4, 0.5) is 0 Å². The number of fused-ring (bicyclic) bond motifs is 1. The summed E-state index contributed by atoms with van der Waals surface area (Å²) >= 11 is 1.55. The van der Waals surface area contributed by atoms with Gasteiger partial charge in [0, 0.05) is 26.1 Å². The molecule has 1 N–H and O–H groups in total. The zero-order valence-corrected chi connectivity index (χ0v) is 15.3. The Labute approximate surface area is 158 Å². The van der Waals surface area contributed by atoms with Gasteiger partial charge in [-0.2, -0.15) is 0 Å². The summed E-state index contributed by atoms with van der Waals surface area (Å²) in [5, 5.41) is 2.18. The summed E-state index contributed by atoms with van der Waals surface area (Å²) < 4.78 is 1.08. The van der Waals surface area contributed by atoms with Crippen LogP contribution in [0.15, 0.2) is 35.5 Å². The lowest BCUT2D eigenvalue weighted by molar-refractivity contribution is -0.150. The van der Waals surface area contributed by atoms with E-state index in [1.807, 2.05) is 18.2 Å². The van der Waals surface area contributed by atoms with Gasteiger partial charge in [0.1, 0.15) is 11.7 Å². The minimum atomic E-state index is -0.948. The molecule has 4 rings (SSSR count). The maximum Gasteiger partial charge on any atom is 0.277 e. The van der Waals surface area contributed by atoms with E-state index in [0.29, 0.717) is 6.54 Å². The fraction of sp³-hybridized carbons (Fsp3) is 0.278. The molecule has 4 amide bonds. The predicted molar refractivity (Wildman–Crippen MR) is 97.2 cm³/mol. The molecule has 2 aliphatic rings. The number of rotatable bonds is 4. The smallest absolute Gasteiger partial charge is 0.277 e. The Morgan fingerprint density at radius 2 is 2.11 bits per heavy atom. The van der Waals surface area contributed by atoms with Crippen molar-refractivity contribution in [1.29, 1.82) is 0 Å². The standard InChI is InChI=1S/C18H16N4O4S/c1-21(8-10-2-4-14-11(6-10)19-9-27-14)13-7-16(24)22(18(13)26)12-3-5-15(23)20-17(12)25/h2,4,6-7,9,12H,3,5,8H2,1H3,(H,20,23,25). The average Bonchev–Trinajstić information content (AvgIpc) is 3.19. The zero-order chi connectivity index (χ0) is 19.1. The molecule has 1 fully saturated rings. The van der Waals surface area contributed by atoms with Crippen molar-refractivity contribution in [3.05, 3.63) is 41.0 Å². The molecule has 0 radical (unpaired) electrons. The highest BCUT2D eigenvalue weighted by Gasteiger charge is 2.43. The van der Waals surface area contributed by atoms with Crippen LogP contribution in [-0.4, -0.2) is 51.5 Å². The zero-order valence-electron chi connectivity index (χ0n) is 14.5. The third-order valence-corrected chi connectivity index (χ3v) is 5.49. The topological polar surface area (TPSA) is 99.7 Å². The van der Waals surface area contributed by atoms with Crippen molar-refractivity contribution in [1.82, 2.24) is 20.1 Å². The molecule has 1 unspecified atom stereocenters. The molecule has 0 saturated carbocycles. The van der Waals surface area contributed by atoms with E-state index < -0.39 is 29.7 Å². The summed E-state index contributed by atoms with van der Waals surface area (Å²) in [6.07, 6.45) is 1.49. The number of likely N-dealkylation sites (N-methyl/N-ethyl adjacent to an activating group) is 1. The Balaban J connectivity index is 1.51. The lowest BCUT2D eigenvalue weighted by Gasteiger charge is -2.29. The Morgan fingerprint density at radius 3 is 2.89 bits per heavy atom. The summed E-state index contributed by atoms with van der Waals surface area (Å²) in [6.45, 7) is 0.418. The maximum atomic E-state index is 12.8. The van der Waals surface area contributed by atoms with Gasteiger partial charge in [0.15, 0.2) is 0 Å². The number of hydrogen-bond donors (Lipinski definition) is 1. The van der Waals surface area contributed by atoms with E-state index >= 15 is 0 Å². The highest BCUT2D eigenvalue weighted by atomic mass is 32.1. The van der Waals surface area contributed by atoms with Gasteiger partial charge in [0.25, 0.3) is 11.8 Å². The summed E-state index contributed by atoms with van der Waals surface area (Å²) in [6, 6.07) is 4.93. The van der Waals surface area contributed by atoms with Crippen LogP contribution in [0, 0.1) is 0 Å². The molecule has 1 atom stereocenters. The number of thiazole rings is 1. The van der Waals surface area contributed by atoms with Gasteiger partial charge < -0.3 is 4.90 Å². The van der Waals surface area contributed by atoms with E-state index in [2.05, 4.69) is 10.3 Å². The summed E-state index contributed by atoms with van der Waals surface area (Å²) in [5.74, 6) is -2.06. The number of nitrogens with one attached hydrogen (secondary N) is 1. The SMILES string of the molecule is CN(Cc1ccc2scnc2c1)C1=CC(=O)N(C2CCC(=O)NC2=O)C1=O. The molecular weight excluding hydrogens is 368 g/mol. The molecule has 1 aromatic carbocycles. The molecule has 1 aromatic heterocycles. The van der Waals surface area contributed by atoms with Crippen molar-refractivity contribution < 1.29 is 19.2 Å². The second-order valence-corrected chi connectivity index (χ2v) is 7.41. The van der Waals surface area contributed by atoms with Gasteiger partial charge in [0.2, 0.25) is 11.8 Å². The number of benzene rings is 1. The number of carbonyl (C=O) groups is 4. The molecule has 2 aliphatic heterocycles. The molecule has 1 saturated heterocycles. The molecule has 138 valence electrons. The van der Waals surface area contributed by atoms with Crippen LogP contribution in [0.1, 0.15) is 18.4 Å². The highest BCUT2D eigenvalue weighted by Crippen LogP contribution is 2.25. The largest absolute Gasteiger partial charge is 0.366 e. The first-order valence-electron chi connectivity index (χ1n) is 8.40. The number of imide groups is 2. The molecular formula is C18H16N4O4S. The van der Waals surface area contributed by atoms with E-state index in [4.69, 9.17) is 0 Å². The first-order chi connectivity index (χ1) is 12.9. The second kappa shape index (κ2) is 6.58. The lowest BCUT2D eigenvalue weighted by atomic mass is 10.0. The predicted octanol–water partition coefficient (Wildman–Crippen LogP) is 0.786. The first-order valence-corrected chi connectivity index (χ1v) is 9.28. The number of carbonyl (C=O) groups excluding carboxylic acids is 4. The Morgan fingerprint density at radius 1 is 1.30 bits per heavy atom. The maximum absolute atomic E-state index is 12.8. The molecule has 27 heavy (non-hydrogen) atoms. The van der Waals surface area contributed by atoms with Crippen LogP contribution in [0.5, 0.6) is 0 Å². The lowest BCUT2D eigenvalue weighted by Crippen LogP contribution is -2.54. The van der Waals surface area contributed by atoms with Crippen LogP contribution in [0.3, 0.4) is 0 Å². The summed E-state index contributed by atoms with van der Waals surface area (Å²) in [5.41, 5.74) is 3.84. The van der Waals surface area contributed by atoms with Crippen LogP contribution < -0.4 is 5.32 Å². The Hall–Kier alpha value is -3.07. The average molecular weight is 384 g/mol. The number of amides is 4. The molecule has 2 aromatic rings. The van der Waals surface area contributed by atoms with Gasteiger partial charge in [-0.25, -0.2) is 4.98 Å². The Kier molecular flexibility index (Phi) is 4.23. The second-order valence-electron chi connectivity index (χ2n) is 6.52. The van der Waals surface area contributed by atoms with Crippen LogP contribution >= 0.6 is 11.3 Å². The molecule has 0 bridgehead atoms. The molecule has 0 spiro atoms. The third-order valence-electron chi connectivity index (χ3n) is 4.68. The van der Waals surface area contributed by atoms with E-state index in [0.717, 1.165) is 20.7 Å². The monoisotopic (exact) mass is 384 g/mol. The van der Waals surface area contributed by atoms with Crippen molar-refractivity contribution in [2.75, 3.05) is 7.05 Å². The van der Waals surface area contributed by atoms with E-state index in [9.17, 15) is 19.2 Å². The van der Waals surface area contributed by atoms with Crippen LogP contribution in [0.25, 0.3) is 10.2 Å². The quantitative estimate of drug-likeness (QED) is 0.783.